The van der Waals surface area contributed by atoms with E-state index in [0.29, 0.717) is 18.0 Å². The van der Waals surface area contributed by atoms with Crippen molar-refractivity contribution in [2.45, 2.75) is 26.2 Å². The van der Waals surface area contributed by atoms with Crippen molar-refractivity contribution in [1.29, 1.82) is 0 Å². The number of carbonyl (C=O) groups excluding carboxylic acids is 1. The predicted molar refractivity (Wildman–Crippen MR) is 108 cm³/mol. The lowest BCUT2D eigenvalue weighted by atomic mass is 10.0. The van der Waals surface area contributed by atoms with Gasteiger partial charge in [0.15, 0.2) is 6.61 Å². The molecule has 1 aliphatic heterocycles. The summed E-state index contributed by atoms with van der Waals surface area (Å²) >= 11 is 0. The van der Waals surface area contributed by atoms with Gasteiger partial charge in [-0.1, -0.05) is 6.92 Å². The first-order chi connectivity index (χ1) is 12.8. The molecule has 0 saturated carbocycles. The van der Waals surface area contributed by atoms with Crippen molar-refractivity contribution in [2.75, 3.05) is 50.4 Å². The maximum atomic E-state index is 11.9. The number of hydrogen-bond acceptors (Lipinski definition) is 5. The van der Waals surface area contributed by atoms with E-state index in [4.69, 9.17) is 4.74 Å². The number of amides is 1. The fraction of sp³-hybridized carbons (Fsp3) is 0.632. The predicted octanol–water partition coefficient (Wildman–Crippen LogP) is 1.70. The van der Waals surface area contributed by atoms with Gasteiger partial charge in [-0.15, -0.1) is 0 Å². The Balaban J connectivity index is 1.65. The second-order valence-electron chi connectivity index (χ2n) is 7.26. The Labute approximate surface area is 162 Å². The number of rotatable bonds is 9. The van der Waals surface area contributed by atoms with Crippen LogP contribution in [0.2, 0.25) is 0 Å². The van der Waals surface area contributed by atoms with Gasteiger partial charge in [0.2, 0.25) is 10.0 Å². The van der Waals surface area contributed by atoms with E-state index in [1.165, 1.54) is 24.2 Å². The fourth-order valence-corrected chi connectivity index (χ4v) is 3.67. The standard InChI is InChI=1S/C19H31N3O4S/c1-16-6-4-12-22(14-16)13-5-11-20-19(23)15-26-18-9-7-17(8-10-18)21(2)27(3,24)25/h7-10,16H,4-6,11-15H2,1-3H3,(H,20,23)/t16-/m1/s1. The molecule has 1 fully saturated rings. The summed E-state index contributed by atoms with van der Waals surface area (Å²) in [6.45, 7) is 6.21. The summed E-state index contributed by atoms with van der Waals surface area (Å²) in [5, 5.41) is 2.88. The van der Waals surface area contributed by atoms with Gasteiger partial charge >= 0.3 is 0 Å². The van der Waals surface area contributed by atoms with E-state index in [-0.39, 0.29) is 12.5 Å². The van der Waals surface area contributed by atoms with Crippen molar-refractivity contribution in [3.8, 4) is 5.75 Å². The summed E-state index contributed by atoms with van der Waals surface area (Å²) in [4.78, 5) is 14.4. The van der Waals surface area contributed by atoms with Crippen LogP contribution in [-0.2, 0) is 14.8 Å². The van der Waals surface area contributed by atoms with Crippen LogP contribution >= 0.6 is 0 Å². The summed E-state index contributed by atoms with van der Waals surface area (Å²) < 4.78 is 29.7. The van der Waals surface area contributed by atoms with Gasteiger partial charge in [0.05, 0.1) is 11.9 Å². The quantitative estimate of drug-likeness (QED) is 0.642. The van der Waals surface area contributed by atoms with Crippen LogP contribution in [0.5, 0.6) is 5.75 Å². The van der Waals surface area contributed by atoms with E-state index < -0.39 is 10.0 Å². The molecule has 1 amide bonds. The number of benzene rings is 1. The van der Waals surface area contributed by atoms with Crippen LogP contribution < -0.4 is 14.4 Å². The van der Waals surface area contributed by atoms with Crippen molar-refractivity contribution in [1.82, 2.24) is 10.2 Å². The zero-order valence-electron chi connectivity index (χ0n) is 16.5. The molecule has 8 heteroatoms. The molecule has 1 aromatic carbocycles. The molecular formula is C19H31N3O4S. The Morgan fingerprint density at radius 3 is 2.67 bits per heavy atom. The SMILES string of the molecule is C[C@@H]1CCCN(CCCNC(=O)COc2ccc(N(C)S(C)(=O)=O)cc2)C1. The molecule has 1 aliphatic rings. The number of hydrogen-bond donors (Lipinski definition) is 1. The van der Waals surface area contributed by atoms with E-state index in [1.54, 1.807) is 24.3 Å². The first-order valence-corrected chi connectivity index (χ1v) is 11.3. The number of nitrogens with zero attached hydrogens (tertiary/aromatic N) is 2. The lowest BCUT2D eigenvalue weighted by molar-refractivity contribution is -0.123. The Hall–Kier alpha value is -1.80. The zero-order valence-corrected chi connectivity index (χ0v) is 17.3. The molecule has 0 unspecified atom stereocenters. The monoisotopic (exact) mass is 397 g/mol. The molecule has 1 heterocycles. The molecule has 1 N–H and O–H groups in total. The van der Waals surface area contributed by atoms with Gasteiger partial charge in [-0.05, 0) is 62.5 Å². The van der Waals surface area contributed by atoms with Crippen molar-refractivity contribution >= 4 is 21.6 Å². The van der Waals surface area contributed by atoms with Crippen LogP contribution in [0.4, 0.5) is 5.69 Å². The molecule has 7 nitrogen and oxygen atoms in total. The van der Waals surface area contributed by atoms with Crippen LogP contribution in [0, 0.1) is 5.92 Å². The number of ether oxygens (including phenoxy) is 1. The summed E-state index contributed by atoms with van der Waals surface area (Å²) in [6, 6.07) is 6.60. The van der Waals surface area contributed by atoms with Crippen molar-refractivity contribution in [3.05, 3.63) is 24.3 Å². The topological polar surface area (TPSA) is 79.0 Å². The third-order valence-corrected chi connectivity index (χ3v) is 5.99. The molecule has 1 atom stereocenters. The maximum Gasteiger partial charge on any atom is 0.257 e. The molecule has 0 bridgehead atoms. The number of likely N-dealkylation sites (tertiary alicyclic amines) is 1. The fourth-order valence-electron chi connectivity index (χ4n) is 3.16. The average molecular weight is 398 g/mol. The summed E-state index contributed by atoms with van der Waals surface area (Å²) in [5.41, 5.74) is 0.543. The molecule has 2 rings (SSSR count). The molecule has 0 aliphatic carbocycles. The van der Waals surface area contributed by atoms with E-state index in [9.17, 15) is 13.2 Å². The summed E-state index contributed by atoms with van der Waals surface area (Å²) in [6.07, 6.45) is 4.66. The summed E-state index contributed by atoms with van der Waals surface area (Å²) in [5.74, 6) is 1.14. The third-order valence-electron chi connectivity index (χ3n) is 4.78. The minimum Gasteiger partial charge on any atom is -0.484 e. The highest BCUT2D eigenvalue weighted by atomic mass is 32.2. The van der Waals surface area contributed by atoms with Gasteiger partial charge in [0, 0.05) is 20.1 Å². The van der Waals surface area contributed by atoms with Crippen molar-refractivity contribution in [2.24, 2.45) is 5.92 Å². The molecule has 27 heavy (non-hydrogen) atoms. The van der Waals surface area contributed by atoms with Crippen LogP contribution in [0.3, 0.4) is 0 Å². The second kappa shape index (κ2) is 9.94. The number of anilines is 1. The highest BCUT2D eigenvalue weighted by Gasteiger charge is 2.15. The molecule has 0 radical (unpaired) electrons. The minimum absolute atomic E-state index is 0.0536. The molecule has 0 spiro atoms. The first-order valence-electron chi connectivity index (χ1n) is 9.41. The Bertz CT molecular complexity index is 706. The Morgan fingerprint density at radius 2 is 2.04 bits per heavy atom. The molecule has 1 aromatic rings. The molecule has 152 valence electrons. The van der Waals surface area contributed by atoms with Crippen LogP contribution in [0.25, 0.3) is 0 Å². The summed E-state index contributed by atoms with van der Waals surface area (Å²) in [7, 11) is -1.80. The van der Waals surface area contributed by atoms with Crippen LogP contribution in [-0.4, -0.2) is 65.3 Å². The van der Waals surface area contributed by atoms with Gasteiger partial charge in [-0.25, -0.2) is 8.42 Å². The van der Waals surface area contributed by atoms with Gasteiger partial charge in [0.1, 0.15) is 5.75 Å². The number of sulfonamides is 1. The largest absolute Gasteiger partial charge is 0.484 e. The second-order valence-corrected chi connectivity index (χ2v) is 9.28. The highest BCUT2D eigenvalue weighted by molar-refractivity contribution is 7.92. The number of nitrogens with one attached hydrogen (secondary N) is 1. The molecule has 0 aromatic heterocycles. The normalized spacial score (nSPS) is 18.1. The van der Waals surface area contributed by atoms with Crippen molar-refractivity contribution in [3.63, 3.8) is 0 Å². The van der Waals surface area contributed by atoms with Gasteiger partial charge in [0.25, 0.3) is 5.91 Å². The first kappa shape index (κ1) is 21.5. The Kier molecular flexibility index (Phi) is 7.91. The van der Waals surface area contributed by atoms with Crippen LogP contribution in [0.1, 0.15) is 26.2 Å². The lowest BCUT2D eigenvalue weighted by Crippen LogP contribution is -2.37. The molecular weight excluding hydrogens is 366 g/mol. The molecule has 1 saturated heterocycles. The van der Waals surface area contributed by atoms with E-state index in [2.05, 4.69) is 17.1 Å². The smallest absolute Gasteiger partial charge is 0.257 e. The van der Waals surface area contributed by atoms with E-state index in [0.717, 1.165) is 38.2 Å². The Morgan fingerprint density at radius 1 is 1.33 bits per heavy atom. The van der Waals surface area contributed by atoms with Crippen LogP contribution in [0.15, 0.2) is 24.3 Å². The zero-order chi connectivity index (χ0) is 19.9. The number of carbonyl (C=O) groups is 1. The highest BCUT2D eigenvalue weighted by Crippen LogP contribution is 2.20. The van der Waals surface area contributed by atoms with Crippen molar-refractivity contribution < 1.29 is 17.9 Å². The van der Waals surface area contributed by atoms with Gasteiger partial charge < -0.3 is 15.0 Å². The average Bonchev–Trinajstić information content (AvgIpc) is 2.63. The van der Waals surface area contributed by atoms with E-state index >= 15 is 0 Å². The lowest BCUT2D eigenvalue weighted by Gasteiger charge is -2.30. The third kappa shape index (κ3) is 7.38. The van der Waals surface area contributed by atoms with Gasteiger partial charge in [-0.2, -0.15) is 0 Å². The van der Waals surface area contributed by atoms with E-state index in [1.807, 2.05) is 0 Å². The van der Waals surface area contributed by atoms with Gasteiger partial charge in [-0.3, -0.25) is 9.10 Å². The minimum atomic E-state index is -3.29. The number of piperidine rings is 1. The maximum absolute atomic E-state index is 11.9.